The van der Waals surface area contributed by atoms with Crippen LogP contribution in [0.15, 0.2) is 59.8 Å². The summed E-state index contributed by atoms with van der Waals surface area (Å²) in [6.45, 7) is 8.97. The van der Waals surface area contributed by atoms with Crippen LogP contribution >= 0.6 is 0 Å². The molecule has 0 saturated carbocycles. The van der Waals surface area contributed by atoms with E-state index in [1.807, 2.05) is 61.5 Å². The van der Waals surface area contributed by atoms with Crippen LogP contribution in [0.1, 0.15) is 30.0 Å². The zero-order chi connectivity index (χ0) is 21.8. The molecule has 0 aliphatic rings. The van der Waals surface area contributed by atoms with E-state index in [1.165, 1.54) is 0 Å². The van der Waals surface area contributed by atoms with E-state index in [4.69, 9.17) is 14.3 Å². The number of hydrogen-bond acceptors (Lipinski definition) is 5. The number of nitrogens with zero attached hydrogens (tertiary/aromatic N) is 2. The molecule has 0 aliphatic heterocycles. The molecule has 162 valence electrons. The topological polar surface area (TPSA) is 43.3 Å². The van der Waals surface area contributed by atoms with Gasteiger partial charge in [0.05, 0.1) is 6.61 Å². The van der Waals surface area contributed by atoms with E-state index >= 15 is 0 Å². The van der Waals surface area contributed by atoms with Gasteiger partial charge in [-0.1, -0.05) is 47.6 Å². The summed E-state index contributed by atoms with van der Waals surface area (Å²) in [7, 11) is 3.67. The van der Waals surface area contributed by atoms with Gasteiger partial charge in [-0.2, -0.15) is 0 Å². The van der Waals surface area contributed by atoms with Gasteiger partial charge in [0, 0.05) is 18.7 Å². The van der Waals surface area contributed by atoms with Gasteiger partial charge in [0.2, 0.25) is 0 Å². The second-order valence-corrected chi connectivity index (χ2v) is 7.29. The first-order valence-corrected chi connectivity index (χ1v) is 10.4. The molecular formula is C25H34N2O3. The molecule has 0 atom stereocenters. The zero-order valence-corrected chi connectivity index (χ0v) is 18.9. The summed E-state index contributed by atoms with van der Waals surface area (Å²) >= 11 is 0. The zero-order valence-electron chi connectivity index (χ0n) is 18.9. The average Bonchev–Trinajstić information content (AvgIpc) is 2.73. The Morgan fingerprint density at radius 1 is 1.07 bits per heavy atom. The van der Waals surface area contributed by atoms with E-state index in [9.17, 15) is 0 Å². The predicted octanol–water partition coefficient (Wildman–Crippen LogP) is 5.01. The van der Waals surface area contributed by atoms with Crippen molar-refractivity contribution in [3.63, 3.8) is 0 Å². The van der Waals surface area contributed by atoms with Crippen molar-refractivity contribution in [3.05, 3.63) is 71.3 Å². The first-order valence-electron chi connectivity index (χ1n) is 10.4. The molecule has 0 heterocycles. The maximum atomic E-state index is 6.08. The molecule has 0 radical (unpaired) electrons. The molecule has 0 aromatic heterocycles. The molecule has 0 spiro atoms. The van der Waals surface area contributed by atoms with Crippen LogP contribution in [-0.4, -0.2) is 51.1 Å². The first kappa shape index (κ1) is 23.5. The maximum Gasteiger partial charge on any atom is 0.125 e. The van der Waals surface area contributed by atoms with E-state index in [0.29, 0.717) is 19.8 Å². The third kappa shape index (κ3) is 7.56. The Hall–Kier alpha value is -2.79. The van der Waals surface area contributed by atoms with Crippen LogP contribution in [0.3, 0.4) is 0 Å². The summed E-state index contributed by atoms with van der Waals surface area (Å²) in [6, 6.07) is 14.2. The molecular weight excluding hydrogens is 376 g/mol. The number of likely N-dealkylation sites (N-methyl/N-ethyl adjacent to an activating group) is 1. The Kier molecular flexibility index (Phi) is 9.95. The minimum absolute atomic E-state index is 0.583. The summed E-state index contributed by atoms with van der Waals surface area (Å²) < 4.78 is 11.8. The number of oxime groups is 1. The Morgan fingerprint density at radius 3 is 2.40 bits per heavy atom. The van der Waals surface area contributed by atoms with E-state index < -0.39 is 0 Å². The molecule has 0 amide bonds. The van der Waals surface area contributed by atoms with Crippen molar-refractivity contribution in [2.24, 2.45) is 5.16 Å². The third-order valence-corrected chi connectivity index (χ3v) is 4.67. The van der Waals surface area contributed by atoms with Crippen LogP contribution in [-0.2, 0) is 4.84 Å². The average molecular weight is 411 g/mol. The minimum atomic E-state index is 0.583. The van der Waals surface area contributed by atoms with Gasteiger partial charge in [-0.3, -0.25) is 0 Å². The predicted molar refractivity (Wildman–Crippen MR) is 124 cm³/mol. The maximum absolute atomic E-state index is 6.08. The molecule has 5 heteroatoms. The lowest BCUT2D eigenvalue weighted by Crippen LogP contribution is -2.28. The number of rotatable bonds is 12. The number of ether oxygens (including phenoxy) is 2. The Labute approximate surface area is 180 Å². The molecule has 0 bridgehead atoms. The molecule has 0 unspecified atom stereocenters. The van der Waals surface area contributed by atoms with Crippen LogP contribution < -0.4 is 9.47 Å². The number of aryl methyl sites for hydroxylation is 2. The fourth-order valence-electron chi connectivity index (χ4n) is 3.22. The van der Waals surface area contributed by atoms with E-state index in [-0.39, 0.29) is 0 Å². The largest absolute Gasteiger partial charge is 0.493 e. The molecule has 2 aromatic carbocycles. The summed E-state index contributed by atoms with van der Waals surface area (Å²) in [5.41, 5.74) is 4.18. The van der Waals surface area contributed by atoms with Crippen molar-refractivity contribution < 1.29 is 14.3 Å². The van der Waals surface area contributed by atoms with Crippen molar-refractivity contribution in [1.82, 2.24) is 4.90 Å². The minimum Gasteiger partial charge on any atom is -0.493 e. The highest BCUT2D eigenvalue weighted by Crippen LogP contribution is 2.28. The van der Waals surface area contributed by atoms with Gasteiger partial charge in [-0.05, 0) is 57.5 Å². The van der Waals surface area contributed by atoms with Gasteiger partial charge < -0.3 is 19.2 Å². The van der Waals surface area contributed by atoms with Crippen molar-refractivity contribution in [2.45, 2.75) is 27.2 Å². The third-order valence-electron chi connectivity index (χ3n) is 4.67. The summed E-state index contributed by atoms with van der Waals surface area (Å²) in [5, 5.41) is 4.20. The summed E-state index contributed by atoms with van der Waals surface area (Å²) in [6.07, 6.45) is 4.90. The monoisotopic (exact) mass is 410 g/mol. The van der Waals surface area contributed by atoms with Crippen LogP contribution in [0.2, 0.25) is 0 Å². The van der Waals surface area contributed by atoms with Crippen LogP contribution in [0.4, 0.5) is 0 Å². The molecule has 0 saturated heterocycles. The van der Waals surface area contributed by atoms with Crippen LogP contribution in [0, 0.1) is 13.8 Å². The molecule has 2 rings (SSSR count). The first-order chi connectivity index (χ1) is 14.5. The second kappa shape index (κ2) is 12.7. The Balaban J connectivity index is 1.83. The molecule has 2 aromatic rings. The van der Waals surface area contributed by atoms with Gasteiger partial charge in [0.25, 0.3) is 0 Å². The van der Waals surface area contributed by atoms with Crippen molar-refractivity contribution in [3.8, 4) is 11.5 Å². The lowest BCUT2D eigenvalue weighted by atomic mass is 10.1. The number of benzene rings is 2. The van der Waals surface area contributed by atoms with Gasteiger partial charge in [-0.25, -0.2) is 0 Å². The molecule has 5 nitrogen and oxygen atoms in total. The van der Waals surface area contributed by atoms with E-state index in [2.05, 4.69) is 31.0 Å². The summed E-state index contributed by atoms with van der Waals surface area (Å²) in [5.74, 6) is 1.82. The number of allylic oxidation sites excluding steroid dienone is 1. The lowest BCUT2D eigenvalue weighted by Gasteiger charge is -2.19. The lowest BCUT2D eigenvalue weighted by molar-refractivity contribution is 0.210. The molecule has 0 fully saturated rings. The quantitative estimate of drug-likeness (QED) is 0.214. The highest BCUT2D eigenvalue weighted by Gasteiger charge is 2.10. The fourth-order valence-corrected chi connectivity index (χ4v) is 3.22. The fraction of sp³-hybridized carbons (Fsp3) is 0.400. The number of hydrogen-bond donors (Lipinski definition) is 0. The SMILES string of the molecule is C/C=C/COc1cc(C)c(OCCCN(C)CC(=NOC)c2ccccc2)c(C)c1. The van der Waals surface area contributed by atoms with Gasteiger partial charge in [0.1, 0.15) is 30.9 Å². The van der Waals surface area contributed by atoms with Gasteiger partial charge >= 0.3 is 0 Å². The van der Waals surface area contributed by atoms with Crippen molar-refractivity contribution in [2.75, 3.05) is 40.5 Å². The molecule has 0 aliphatic carbocycles. The van der Waals surface area contributed by atoms with Crippen LogP contribution in [0.25, 0.3) is 0 Å². The normalized spacial score (nSPS) is 11.9. The molecule has 30 heavy (non-hydrogen) atoms. The Morgan fingerprint density at radius 2 is 1.77 bits per heavy atom. The summed E-state index contributed by atoms with van der Waals surface area (Å²) in [4.78, 5) is 7.26. The van der Waals surface area contributed by atoms with Crippen LogP contribution in [0.5, 0.6) is 11.5 Å². The Bertz CT molecular complexity index is 809. The van der Waals surface area contributed by atoms with Crippen molar-refractivity contribution in [1.29, 1.82) is 0 Å². The van der Waals surface area contributed by atoms with Crippen molar-refractivity contribution >= 4 is 5.71 Å². The van der Waals surface area contributed by atoms with Gasteiger partial charge in [0.15, 0.2) is 0 Å². The van der Waals surface area contributed by atoms with Gasteiger partial charge in [-0.15, -0.1) is 0 Å². The van der Waals surface area contributed by atoms with E-state index in [0.717, 1.165) is 46.9 Å². The standard InChI is InChI=1S/C25H34N2O3/c1-6-7-15-29-23-17-20(2)25(21(3)18-23)30-16-11-14-27(4)19-24(26-28-5)22-12-9-8-10-13-22/h6-10,12-13,17-18H,11,14-16,19H2,1-5H3/b7-6+,26-24?. The highest BCUT2D eigenvalue weighted by molar-refractivity contribution is 6.01. The second-order valence-electron chi connectivity index (χ2n) is 7.29. The smallest absolute Gasteiger partial charge is 0.125 e. The molecule has 0 N–H and O–H groups in total. The van der Waals surface area contributed by atoms with E-state index in [1.54, 1.807) is 7.11 Å². The highest BCUT2D eigenvalue weighted by atomic mass is 16.6.